The van der Waals surface area contributed by atoms with Crippen LogP contribution in [0, 0.1) is 6.92 Å². The molecule has 0 aromatic heterocycles. The molecule has 0 unspecified atom stereocenters. The van der Waals surface area contributed by atoms with Crippen LogP contribution in [-0.2, 0) is 21.2 Å². The predicted octanol–water partition coefficient (Wildman–Crippen LogP) is 5.41. The molecule has 0 heterocycles. The van der Waals surface area contributed by atoms with Crippen LogP contribution in [0.3, 0.4) is 0 Å². The first-order valence-corrected chi connectivity index (χ1v) is 13.4. The van der Waals surface area contributed by atoms with Gasteiger partial charge in [-0.2, -0.15) is 4.72 Å². The summed E-state index contributed by atoms with van der Waals surface area (Å²) in [7, 11) is -4.01. The number of anilines is 1. The Morgan fingerprint density at radius 2 is 1.46 bits per heavy atom. The zero-order valence-electron chi connectivity index (χ0n) is 20.0. The number of amides is 1. The number of carbonyl (C=O) groups excluding carboxylic acids is 2. The molecule has 0 aliphatic heterocycles. The molecule has 6 nitrogen and oxygen atoms in total. The van der Waals surface area contributed by atoms with E-state index in [4.69, 9.17) is 11.6 Å². The first-order valence-electron chi connectivity index (χ1n) is 11.6. The second-order valence-electron chi connectivity index (χ2n) is 8.55. The fourth-order valence-corrected chi connectivity index (χ4v) is 5.16. The number of hydrogen-bond donors (Lipinski definition) is 2. The molecule has 0 aliphatic carbocycles. The Hall–Kier alpha value is -3.78. The van der Waals surface area contributed by atoms with E-state index in [1.165, 1.54) is 24.3 Å². The van der Waals surface area contributed by atoms with Crippen LogP contribution in [0.25, 0.3) is 0 Å². The van der Waals surface area contributed by atoms with Gasteiger partial charge in [0.2, 0.25) is 15.9 Å². The summed E-state index contributed by atoms with van der Waals surface area (Å²) in [5.41, 5.74) is 2.55. The minimum Gasteiger partial charge on any atom is -0.324 e. The highest BCUT2D eigenvalue weighted by Crippen LogP contribution is 2.24. The van der Waals surface area contributed by atoms with Crippen LogP contribution in [0.2, 0.25) is 5.02 Å². The lowest BCUT2D eigenvalue weighted by Gasteiger charge is -2.20. The van der Waals surface area contributed by atoms with Crippen LogP contribution < -0.4 is 10.0 Å². The van der Waals surface area contributed by atoms with Crippen molar-refractivity contribution >= 4 is 39.0 Å². The van der Waals surface area contributed by atoms with Crippen molar-refractivity contribution in [3.05, 3.63) is 130 Å². The molecular weight excluding hydrogens is 508 g/mol. The highest BCUT2D eigenvalue weighted by atomic mass is 35.5. The Bertz CT molecular complexity index is 1510. The lowest BCUT2D eigenvalue weighted by molar-refractivity contribution is -0.117. The van der Waals surface area contributed by atoms with Gasteiger partial charge in [-0.05, 0) is 49.2 Å². The zero-order chi connectivity index (χ0) is 26.4. The van der Waals surface area contributed by atoms with Crippen molar-refractivity contribution in [2.24, 2.45) is 0 Å². The molecule has 0 fully saturated rings. The Balaban J connectivity index is 1.65. The van der Waals surface area contributed by atoms with Crippen LogP contribution in [-0.4, -0.2) is 26.2 Å². The third kappa shape index (κ3) is 6.71. The average Bonchev–Trinajstić information content (AvgIpc) is 2.90. The Morgan fingerprint density at radius 1 is 0.838 bits per heavy atom. The largest absolute Gasteiger partial charge is 0.324 e. The van der Waals surface area contributed by atoms with E-state index in [0.717, 1.165) is 11.1 Å². The lowest BCUT2D eigenvalue weighted by Crippen LogP contribution is -2.45. The van der Waals surface area contributed by atoms with Crippen molar-refractivity contribution in [2.45, 2.75) is 24.3 Å². The molecule has 8 heteroatoms. The summed E-state index contributed by atoms with van der Waals surface area (Å²) in [6.45, 7) is 1.86. The van der Waals surface area contributed by atoms with Crippen molar-refractivity contribution in [1.82, 2.24) is 4.72 Å². The number of sulfonamides is 1. The minimum absolute atomic E-state index is 0.0513. The van der Waals surface area contributed by atoms with Gasteiger partial charge in [0.25, 0.3) is 0 Å². The van der Waals surface area contributed by atoms with Crippen LogP contribution in [0.15, 0.2) is 108 Å². The number of hydrogen-bond acceptors (Lipinski definition) is 4. The summed E-state index contributed by atoms with van der Waals surface area (Å²) in [5.74, 6) is -0.929. The summed E-state index contributed by atoms with van der Waals surface area (Å²) in [5, 5.41) is 3.08. The molecule has 4 aromatic carbocycles. The molecule has 1 atom stereocenters. The van der Waals surface area contributed by atoms with Crippen LogP contribution in [0.5, 0.6) is 0 Å². The molecule has 0 aliphatic rings. The number of halogens is 1. The molecule has 1 amide bonds. The number of benzene rings is 4. The Morgan fingerprint density at radius 3 is 2.11 bits per heavy atom. The van der Waals surface area contributed by atoms with Gasteiger partial charge in [-0.15, -0.1) is 0 Å². The molecule has 4 aromatic rings. The first kappa shape index (κ1) is 26.3. The van der Waals surface area contributed by atoms with Gasteiger partial charge in [-0.1, -0.05) is 90.0 Å². The fourth-order valence-electron chi connectivity index (χ4n) is 3.79. The molecule has 0 saturated heterocycles. The van der Waals surface area contributed by atoms with E-state index >= 15 is 0 Å². The van der Waals surface area contributed by atoms with Gasteiger partial charge in [0, 0.05) is 16.1 Å². The topological polar surface area (TPSA) is 92.3 Å². The third-order valence-corrected chi connectivity index (χ3v) is 7.47. The molecule has 0 spiro atoms. The zero-order valence-corrected chi connectivity index (χ0v) is 21.6. The van der Waals surface area contributed by atoms with E-state index in [1.54, 1.807) is 48.5 Å². The van der Waals surface area contributed by atoms with Gasteiger partial charge in [0.1, 0.15) is 6.04 Å². The van der Waals surface area contributed by atoms with E-state index in [-0.39, 0.29) is 28.4 Å². The molecule has 2 N–H and O–H groups in total. The van der Waals surface area contributed by atoms with E-state index < -0.39 is 22.0 Å². The summed E-state index contributed by atoms with van der Waals surface area (Å²) in [4.78, 5) is 26.7. The molecule has 188 valence electrons. The van der Waals surface area contributed by atoms with Crippen molar-refractivity contribution in [2.75, 3.05) is 5.32 Å². The van der Waals surface area contributed by atoms with Crippen molar-refractivity contribution < 1.29 is 18.0 Å². The predicted molar refractivity (Wildman–Crippen MR) is 145 cm³/mol. The number of aryl methyl sites for hydroxylation is 1. The summed E-state index contributed by atoms with van der Waals surface area (Å²) in [6, 6.07) is 27.5. The summed E-state index contributed by atoms with van der Waals surface area (Å²) >= 11 is 6.16. The Labute approximate surface area is 221 Å². The Kier molecular flexibility index (Phi) is 8.18. The maximum atomic E-state index is 13.5. The highest BCUT2D eigenvalue weighted by Gasteiger charge is 2.27. The summed E-state index contributed by atoms with van der Waals surface area (Å²) in [6.07, 6.45) is 0.104. The quantitative estimate of drug-likeness (QED) is 0.282. The maximum Gasteiger partial charge on any atom is 0.242 e. The van der Waals surface area contributed by atoms with Gasteiger partial charge in [0.05, 0.1) is 10.6 Å². The molecule has 0 radical (unpaired) electrons. The second kappa shape index (κ2) is 11.5. The highest BCUT2D eigenvalue weighted by molar-refractivity contribution is 7.89. The number of rotatable bonds is 9. The fraction of sp³-hybridized carbons (Fsp3) is 0.103. The molecule has 4 rings (SSSR count). The van der Waals surface area contributed by atoms with Crippen LogP contribution in [0.1, 0.15) is 27.0 Å². The number of carbonyl (C=O) groups is 2. The minimum atomic E-state index is -4.01. The van der Waals surface area contributed by atoms with Gasteiger partial charge in [0.15, 0.2) is 5.78 Å². The van der Waals surface area contributed by atoms with Gasteiger partial charge < -0.3 is 5.32 Å². The second-order valence-corrected chi connectivity index (χ2v) is 10.7. The smallest absolute Gasteiger partial charge is 0.242 e. The molecular formula is C29H25ClN2O4S. The van der Waals surface area contributed by atoms with Gasteiger partial charge >= 0.3 is 0 Å². The SMILES string of the molecule is Cc1ccc(S(=O)(=O)N[C@H](Cc2ccccc2)C(=O)Nc2ccc(Cl)cc2C(=O)c2ccccc2)cc1. The van der Waals surface area contributed by atoms with Crippen molar-refractivity contribution in [3.8, 4) is 0 Å². The van der Waals surface area contributed by atoms with Gasteiger partial charge in [-0.3, -0.25) is 9.59 Å². The van der Waals surface area contributed by atoms with Crippen molar-refractivity contribution in [3.63, 3.8) is 0 Å². The number of nitrogens with one attached hydrogen (secondary N) is 2. The van der Waals surface area contributed by atoms with Crippen molar-refractivity contribution in [1.29, 1.82) is 0 Å². The molecule has 0 saturated carbocycles. The van der Waals surface area contributed by atoms with Crippen LogP contribution in [0.4, 0.5) is 5.69 Å². The summed E-state index contributed by atoms with van der Waals surface area (Å²) < 4.78 is 28.8. The van der Waals surface area contributed by atoms with E-state index in [9.17, 15) is 18.0 Å². The van der Waals surface area contributed by atoms with E-state index in [0.29, 0.717) is 10.6 Å². The monoisotopic (exact) mass is 532 g/mol. The normalized spacial score (nSPS) is 12.1. The van der Waals surface area contributed by atoms with E-state index in [2.05, 4.69) is 10.0 Å². The lowest BCUT2D eigenvalue weighted by atomic mass is 10.0. The first-order chi connectivity index (χ1) is 17.7. The number of ketones is 1. The standard InChI is InChI=1S/C29H25ClN2O4S/c1-20-12-15-24(16-13-20)37(35,36)32-27(18-21-8-4-2-5-9-21)29(34)31-26-17-14-23(30)19-25(26)28(33)22-10-6-3-7-11-22/h2-17,19,27,32H,18H2,1H3,(H,31,34)/t27-/m1/s1. The average molecular weight is 533 g/mol. The third-order valence-electron chi connectivity index (χ3n) is 5.75. The molecule has 0 bridgehead atoms. The van der Waals surface area contributed by atoms with Crippen LogP contribution >= 0.6 is 11.6 Å². The maximum absolute atomic E-state index is 13.5. The van der Waals surface area contributed by atoms with Gasteiger partial charge in [-0.25, -0.2) is 8.42 Å². The molecule has 37 heavy (non-hydrogen) atoms. The van der Waals surface area contributed by atoms with E-state index in [1.807, 2.05) is 37.3 Å².